The van der Waals surface area contributed by atoms with Crippen LogP contribution in [0.3, 0.4) is 0 Å². The first-order chi connectivity index (χ1) is 13.8. The number of pyridine rings is 2. The Bertz CT molecular complexity index is 811. The maximum atomic E-state index is 6.01. The van der Waals surface area contributed by atoms with Crippen molar-refractivity contribution in [3.63, 3.8) is 0 Å². The van der Waals surface area contributed by atoms with Crippen molar-refractivity contribution in [2.24, 2.45) is 11.8 Å². The molecule has 2 saturated carbocycles. The summed E-state index contributed by atoms with van der Waals surface area (Å²) < 4.78 is 3.30. The summed E-state index contributed by atoms with van der Waals surface area (Å²) in [4.78, 5) is 4.78. The molecule has 152 valence electrons. The third kappa shape index (κ3) is 4.42. The van der Waals surface area contributed by atoms with Crippen LogP contribution < -0.4 is 5.01 Å². The van der Waals surface area contributed by atoms with Crippen molar-refractivity contribution in [2.45, 2.75) is 77.6 Å². The van der Waals surface area contributed by atoms with Crippen molar-refractivity contribution < 1.29 is 0 Å². The Morgan fingerprint density at radius 3 is 2.18 bits per heavy atom. The molecule has 2 heterocycles. The lowest BCUT2D eigenvalue weighted by molar-refractivity contribution is 0.301. The number of aryl methyl sites for hydroxylation is 1. The van der Waals surface area contributed by atoms with E-state index >= 15 is 0 Å². The summed E-state index contributed by atoms with van der Waals surface area (Å²) in [6.07, 6.45) is 16.7. The normalized spacial score (nSPS) is 19.2. The van der Waals surface area contributed by atoms with E-state index in [1.54, 1.807) is 0 Å². The molecule has 0 N–H and O–H groups in total. The smallest absolute Gasteiger partial charge is 0.159 e. The van der Waals surface area contributed by atoms with Crippen LogP contribution in [-0.4, -0.2) is 22.7 Å². The summed E-state index contributed by atoms with van der Waals surface area (Å²) in [5, 5.41) is 3.81. The number of hydrogen-bond acceptors (Lipinski definition) is 3. The molecule has 2 fully saturated rings. The first kappa shape index (κ1) is 19.9. The van der Waals surface area contributed by atoms with Gasteiger partial charge in [-0.2, -0.15) is 0 Å². The topological polar surface area (TPSA) is 21.1 Å². The molecule has 4 heteroatoms. The Morgan fingerprint density at radius 1 is 1.00 bits per heavy atom. The fourth-order valence-corrected chi connectivity index (χ4v) is 5.67. The Hall–Kier alpha value is -1.42. The highest BCUT2D eigenvalue weighted by Gasteiger charge is 2.23. The Morgan fingerprint density at radius 2 is 1.61 bits per heavy atom. The van der Waals surface area contributed by atoms with E-state index in [1.807, 2.05) is 12.3 Å². The second-order valence-corrected chi connectivity index (χ2v) is 9.32. The van der Waals surface area contributed by atoms with Crippen LogP contribution in [0.15, 0.2) is 24.4 Å². The highest BCUT2D eigenvalue weighted by Crippen LogP contribution is 2.28. The molecule has 28 heavy (non-hydrogen) atoms. The maximum absolute atomic E-state index is 6.01. The number of aromatic nitrogens is 2. The van der Waals surface area contributed by atoms with E-state index in [1.165, 1.54) is 75.2 Å². The fourth-order valence-electron chi connectivity index (χ4n) is 5.27. The average molecular weight is 398 g/mol. The van der Waals surface area contributed by atoms with Gasteiger partial charge in [-0.1, -0.05) is 57.7 Å². The fraction of sp³-hybridized carbons (Fsp3) is 0.667. The first-order valence-corrected chi connectivity index (χ1v) is 11.9. The van der Waals surface area contributed by atoms with Crippen LogP contribution in [0.25, 0.3) is 11.0 Å². The summed E-state index contributed by atoms with van der Waals surface area (Å²) in [5.41, 5.74) is 2.31. The van der Waals surface area contributed by atoms with Gasteiger partial charge >= 0.3 is 0 Å². The number of rotatable bonds is 6. The van der Waals surface area contributed by atoms with Crippen molar-refractivity contribution in [3.8, 4) is 0 Å². The predicted octanol–water partition coefficient (Wildman–Crippen LogP) is 6.43. The number of hydrogen-bond donors (Lipinski definition) is 0. The van der Waals surface area contributed by atoms with Gasteiger partial charge in [0.05, 0.1) is 0 Å². The van der Waals surface area contributed by atoms with Crippen LogP contribution in [0.4, 0.5) is 0 Å². The molecule has 0 saturated heterocycles. The molecule has 0 unspecified atom stereocenters. The van der Waals surface area contributed by atoms with Gasteiger partial charge in [-0.15, -0.1) is 0 Å². The first-order valence-electron chi connectivity index (χ1n) is 11.5. The molecule has 2 aliphatic rings. The second kappa shape index (κ2) is 9.39. The minimum absolute atomic E-state index is 0.795. The summed E-state index contributed by atoms with van der Waals surface area (Å²) in [7, 11) is 0. The van der Waals surface area contributed by atoms with E-state index < -0.39 is 0 Å². The monoisotopic (exact) mass is 397 g/mol. The third-order valence-electron chi connectivity index (χ3n) is 6.87. The van der Waals surface area contributed by atoms with Crippen LogP contribution in [0.2, 0.25) is 0 Å². The van der Waals surface area contributed by atoms with E-state index in [9.17, 15) is 0 Å². The molecular formula is C24H35N3S. The maximum Gasteiger partial charge on any atom is 0.159 e. The molecule has 0 atom stereocenters. The Kier molecular flexibility index (Phi) is 6.66. The van der Waals surface area contributed by atoms with Crippen molar-refractivity contribution in [2.75, 3.05) is 18.1 Å². The molecular weight excluding hydrogens is 362 g/mol. The molecule has 0 amide bonds. The van der Waals surface area contributed by atoms with Gasteiger partial charge in [-0.25, -0.2) is 9.66 Å². The van der Waals surface area contributed by atoms with Crippen molar-refractivity contribution in [1.82, 2.24) is 9.66 Å². The highest BCUT2D eigenvalue weighted by molar-refractivity contribution is 7.71. The highest BCUT2D eigenvalue weighted by atomic mass is 32.1. The predicted molar refractivity (Wildman–Crippen MR) is 121 cm³/mol. The zero-order valence-corrected chi connectivity index (χ0v) is 18.2. The lowest BCUT2D eigenvalue weighted by atomic mass is 9.87. The van der Waals surface area contributed by atoms with Gasteiger partial charge < -0.3 is 5.01 Å². The molecule has 2 aliphatic carbocycles. The van der Waals surface area contributed by atoms with Crippen LogP contribution >= 0.6 is 12.2 Å². The summed E-state index contributed by atoms with van der Waals surface area (Å²) >= 11 is 6.01. The molecule has 2 aromatic rings. The zero-order chi connectivity index (χ0) is 19.3. The van der Waals surface area contributed by atoms with Crippen molar-refractivity contribution in [1.29, 1.82) is 0 Å². The SMILES string of the molecule is CCc1cc2cccnc2n(N(CC2CCCCC2)CC2CCCCC2)c1=S. The van der Waals surface area contributed by atoms with E-state index in [2.05, 4.69) is 28.7 Å². The summed E-state index contributed by atoms with van der Waals surface area (Å²) in [6, 6.07) is 6.48. The standard InChI is InChI=1S/C24H35N3S/c1-2-21-16-22-14-9-15-25-23(22)27(24(21)28)26(17-19-10-5-3-6-11-19)18-20-12-7-4-8-13-20/h9,14-16,19-20H,2-8,10-13,17-18H2,1H3. The minimum Gasteiger partial charge on any atom is -0.309 e. The average Bonchev–Trinajstić information content (AvgIpc) is 2.74. The van der Waals surface area contributed by atoms with E-state index in [4.69, 9.17) is 17.2 Å². The largest absolute Gasteiger partial charge is 0.309 e. The molecule has 4 rings (SSSR count). The quantitative estimate of drug-likeness (QED) is 0.524. The second-order valence-electron chi connectivity index (χ2n) is 8.94. The van der Waals surface area contributed by atoms with Crippen LogP contribution in [0.1, 0.15) is 76.7 Å². The van der Waals surface area contributed by atoms with Gasteiger partial charge in [0.25, 0.3) is 0 Å². The van der Waals surface area contributed by atoms with Gasteiger partial charge in [0.2, 0.25) is 0 Å². The van der Waals surface area contributed by atoms with E-state index in [0.717, 1.165) is 41.6 Å². The van der Waals surface area contributed by atoms with Gasteiger partial charge in [0, 0.05) is 24.7 Å². The van der Waals surface area contributed by atoms with Gasteiger partial charge in [-0.3, -0.25) is 0 Å². The van der Waals surface area contributed by atoms with Crippen LogP contribution in [0.5, 0.6) is 0 Å². The van der Waals surface area contributed by atoms with Crippen LogP contribution in [-0.2, 0) is 6.42 Å². The molecule has 0 radical (unpaired) electrons. The molecule has 0 aromatic carbocycles. The van der Waals surface area contributed by atoms with E-state index in [-0.39, 0.29) is 0 Å². The molecule has 0 spiro atoms. The zero-order valence-electron chi connectivity index (χ0n) is 17.4. The number of fused-ring (bicyclic) bond motifs is 1. The van der Waals surface area contributed by atoms with E-state index in [0.29, 0.717) is 0 Å². The molecule has 2 aromatic heterocycles. The molecule has 0 aliphatic heterocycles. The summed E-state index contributed by atoms with van der Waals surface area (Å²) in [6.45, 7) is 4.47. The van der Waals surface area contributed by atoms with Crippen molar-refractivity contribution in [3.05, 3.63) is 34.6 Å². The lowest BCUT2D eigenvalue weighted by Crippen LogP contribution is -2.44. The lowest BCUT2D eigenvalue weighted by Gasteiger charge is -2.37. The van der Waals surface area contributed by atoms with Crippen LogP contribution in [0, 0.1) is 16.5 Å². The Balaban J connectivity index is 1.73. The Labute approximate surface area is 175 Å². The molecule has 3 nitrogen and oxygen atoms in total. The molecule has 0 bridgehead atoms. The van der Waals surface area contributed by atoms with Gasteiger partial charge in [-0.05, 0) is 67.7 Å². The van der Waals surface area contributed by atoms with Gasteiger partial charge in [0.15, 0.2) is 5.65 Å². The third-order valence-corrected chi connectivity index (χ3v) is 7.30. The number of nitrogens with zero attached hydrogens (tertiary/aromatic N) is 3. The minimum atomic E-state index is 0.795. The van der Waals surface area contributed by atoms with Crippen molar-refractivity contribution >= 4 is 23.3 Å². The summed E-state index contributed by atoms with van der Waals surface area (Å²) in [5.74, 6) is 1.59. The van der Waals surface area contributed by atoms with Gasteiger partial charge in [0.1, 0.15) is 4.64 Å².